The summed E-state index contributed by atoms with van der Waals surface area (Å²) in [5.74, 6) is 0.469. The van der Waals surface area contributed by atoms with Crippen LogP contribution in [0.2, 0.25) is 0 Å². The minimum absolute atomic E-state index is 0.371. The van der Waals surface area contributed by atoms with Crippen LogP contribution in [0.4, 0.5) is 0 Å². The van der Waals surface area contributed by atoms with E-state index in [9.17, 15) is 8.42 Å². The maximum atomic E-state index is 12.1. The predicted octanol–water partition coefficient (Wildman–Crippen LogP) is 3.93. The Morgan fingerprint density at radius 1 is 0.842 bits per heavy atom. The molecule has 0 bridgehead atoms. The second-order valence-electron chi connectivity index (χ2n) is 4.51. The number of hydrogen-bond donors (Lipinski definition) is 0. The molecule has 0 aliphatic heterocycles. The fourth-order valence-corrected chi connectivity index (χ4v) is 4.31. The SMILES string of the molecule is Cc1ccc(CSS(=O)(=O)c2ccc(C)cc2)cc1. The van der Waals surface area contributed by atoms with Crippen molar-refractivity contribution in [2.24, 2.45) is 0 Å². The molecule has 0 atom stereocenters. The van der Waals surface area contributed by atoms with Gasteiger partial charge < -0.3 is 0 Å². The minimum atomic E-state index is -3.27. The molecule has 0 fully saturated rings. The van der Waals surface area contributed by atoms with Crippen molar-refractivity contribution in [3.05, 3.63) is 65.2 Å². The molecule has 0 spiro atoms. The molecule has 2 rings (SSSR count). The van der Waals surface area contributed by atoms with Crippen molar-refractivity contribution in [2.75, 3.05) is 0 Å². The van der Waals surface area contributed by atoms with E-state index in [-0.39, 0.29) is 0 Å². The average Bonchev–Trinajstić information content (AvgIpc) is 2.39. The van der Waals surface area contributed by atoms with Crippen LogP contribution in [0.25, 0.3) is 0 Å². The lowest BCUT2D eigenvalue weighted by atomic mass is 10.2. The first-order chi connectivity index (χ1) is 8.97. The minimum Gasteiger partial charge on any atom is -0.212 e. The van der Waals surface area contributed by atoms with E-state index in [2.05, 4.69) is 0 Å². The lowest BCUT2D eigenvalue weighted by molar-refractivity contribution is 0.610. The van der Waals surface area contributed by atoms with Crippen LogP contribution in [0, 0.1) is 13.8 Å². The van der Waals surface area contributed by atoms with E-state index >= 15 is 0 Å². The van der Waals surface area contributed by atoms with E-state index in [1.807, 2.05) is 50.2 Å². The second kappa shape index (κ2) is 5.80. The topological polar surface area (TPSA) is 34.1 Å². The number of aryl methyl sites for hydroxylation is 2. The molecule has 0 saturated carbocycles. The predicted molar refractivity (Wildman–Crippen MR) is 80.8 cm³/mol. The number of hydrogen-bond acceptors (Lipinski definition) is 3. The van der Waals surface area contributed by atoms with Crippen molar-refractivity contribution in [3.63, 3.8) is 0 Å². The first-order valence-electron chi connectivity index (χ1n) is 5.99. The van der Waals surface area contributed by atoms with Gasteiger partial charge in [-0.2, -0.15) is 0 Å². The summed E-state index contributed by atoms with van der Waals surface area (Å²) < 4.78 is 24.3. The van der Waals surface area contributed by atoms with Crippen LogP contribution in [0.5, 0.6) is 0 Å². The Bertz CT molecular complexity index is 642. The Labute approximate surface area is 118 Å². The summed E-state index contributed by atoms with van der Waals surface area (Å²) in [4.78, 5) is 0.371. The maximum Gasteiger partial charge on any atom is 0.230 e. The number of benzene rings is 2. The third-order valence-electron chi connectivity index (χ3n) is 2.81. The first kappa shape index (κ1) is 14.2. The molecule has 4 heteroatoms. The van der Waals surface area contributed by atoms with E-state index < -0.39 is 8.87 Å². The quantitative estimate of drug-likeness (QED) is 0.801. The summed E-state index contributed by atoms with van der Waals surface area (Å²) >= 11 is 0. The van der Waals surface area contributed by atoms with Gasteiger partial charge in [0.15, 0.2) is 0 Å². The van der Waals surface area contributed by atoms with Crippen LogP contribution in [-0.4, -0.2) is 8.42 Å². The van der Waals surface area contributed by atoms with Gasteiger partial charge in [-0.1, -0.05) is 47.5 Å². The summed E-state index contributed by atoms with van der Waals surface area (Å²) in [5.41, 5.74) is 3.25. The molecule has 0 aromatic heterocycles. The van der Waals surface area contributed by atoms with Gasteiger partial charge in [-0.05, 0) is 42.3 Å². The van der Waals surface area contributed by atoms with Crippen LogP contribution >= 0.6 is 10.8 Å². The molecule has 100 valence electrons. The zero-order valence-corrected chi connectivity index (χ0v) is 12.6. The van der Waals surface area contributed by atoms with E-state index in [1.165, 1.54) is 5.56 Å². The van der Waals surface area contributed by atoms with Gasteiger partial charge in [0.25, 0.3) is 0 Å². The molecule has 0 radical (unpaired) electrons. The maximum absolute atomic E-state index is 12.1. The highest BCUT2D eigenvalue weighted by Gasteiger charge is 2.14. The third-order valence-corrected chi connectivity index (χ3v) is 6.28. The van der Waals surface area contributed by atoms with Crippen molar-refractivity contribution in [2.45, 2.75) is 24.5 Å². The Morgan fingerprint density at radius 2 is 1.32 bits per heavy atom. The van der Waals surface area contributed by atoms with E-state index in [0.717, 1.165) is 21.9 Å². The Hall–Kier alpha value is -1.26. The van der Waals surface area contributed by atoms with Gasteiger partial charge in [0.1, 0.15) is 0 Å². The Balaban J connectivity index is 2.09. The summed E-state index contributed by atoms with van der Waals surface area (Å²) in [6, 6.07) is 14.9. The fraction of sp³-hybridized carbons (Fsp3) is 0.200. The monoisotopic (exact) mass is 292 g/mol. The smallest absolute Gasteiger partial charge is 0.212 e. The van der Waals surface area contributed by atoms with Gasteiger partial charge in [-0.15, -0.1) is 0 Å². The van der Waals surface area contributed by atoms with Gasteiger partial charge in [0.2, 0.25) is 8.87 Å². The average molecular weight is 292 g/mol. The van der Waals surface area contributed by atoms with Crippen LogP contribution < -0.4 is 0 Å². The summed E-state index contributed by atoms with van der Waals surface area (Å²) in [6.45, 7) is 3.95. The summed E-state index contributed by atoms with van der Waals surface area (Å²) in [6.07, 6.45) is 0. The molecular formula is C15H16O2S2. The Morgan fingerprint density at radius 3 is 1.84 bits per heavy atom. The van der Waals surface area contributed by atoms with Crippen LogP contribution in [-0.2, 0) is 14.6 Å². The standard InChI is InChI=1S/C15H16O2S2/c1-12-3-7-14(8-4-12)11-18-19(16,17)15-9-5-13(2)6-10-15/h3-10H,11H2,1-2H3. The van der Waals surface area contributed by atoms with Crippen LogP contribution in [0.1, 0.15) is 16.7 Å². The highest BCUT2D eigenvalue weighted by Crippen LogP contribution is 2.26. The van der Waals surface area contributed by atoms with E-state index in [1.54, 1.807) is 12.1 Å². The van der Waals surface area contributed by atoms with Crippen molar-refractivity contribution in [1.82, 2.24) is 0 Å². The van der Waals surface area contributed by atoms with Crippen molar-refractivity contribution < 1.29 is 8.42 Å². The van der Waals surface area contributed by atoms with Crippen LogP contribution in [0.15, 0.2) is 53.4 Å². The van der Waals surface area contributed by atoms with Crippen molar-refractivity contribution in [3.8, 4) is 0 Å². The molecule has 0 heterocycles. The first-order valence-corrected chi connectivity index (χ1v) is 8.97. The Kier molecular flexibility index (Phi) is 4.32. The second-order valence-corrected chi connectivity index (χ2v) is 8.44. The van der Waals surface area contributed by atoms with Gasteiger partial charge in [0.05, 0.1) is 4.90 Å². The van der Waals surface area contributed by atoms with Gasteiger partial charge >= 0.3 is 0 Å². The molecule has 0 unspecified atom stereocenters. The molecule has 0 aliphatic rings. The van der Waals surface area contributed by atoms with E-state index in [0.29, 0.717) is 10.6 Å². The zero-order valence-electron chi connectivity index (χ0n) is 11.0. The summed E-state index contributed by atoms with van der Waals surface area (Å²) in [7, 11) is -2.30. The van der Waals surface area contributed by atoms with Gasteiger partial charge in [-0.3, -0.25) is 0 Å². The van der Waals surface area contributed by atoms with Crippen LogP contribution in [0.3, 0.4) is 0 Å². The molecule has 0 N–H and O–H groups in total. The molecule has 2 nitrogen and oxygen atoms in total. The largest absolute Gasteiger partial charge is 0.230 e. The molecular weight excluding hydrogens is 276 g/mol. The lowest BCUT2D eigenvalue weighted by Crippen LogP contribution is -1.96. The summed E-state index contributed by atoms with van der Waals surface area (Å²) in [5, 5.41) is 0. The molecule has 19 heavy (non-hydrogen) atoms. The number of rotatable bonds is 4. The van der Waals surface area contributed by atoms with Gasteiger partial charge in [0, 0.05) is 5.75 Å². The molecule has 0 amide bonds. The fourth-order valence-electron chi connectivity index (χ4n) is 1.60. The molecule has 0 aliphatic carbocycles. The molecule has 0 saturated heterocycles. The zero-order chi connectivity index (χ0) is 13.9. The lowest BCUT2D eigenvalue weighted by Gasteiger charge is -2.05. The molecule has 2 aromatic carbocycles. The van der Waals surface area contributed by atoms with E-state index in [4.69, 9.17) is 0 Å². The molecule has 2 aromatic rings. The highest BCUT2D eigenvalue weighted by atomic mass is 33.1. The van der Waals surface area contributed by atoms with Crippen molar-refractivity contribution >= 4 is 19.7 Å². The third kappa shape index (κ3) is 3.85. The van der Waals surface area contributed by atoms with Gasteiger partial charge in [-0.25, -0.2) is 8.42 Å². The normalized spacial score (nSPS) is 11.5. The highest BCUT2D eigenvalue weighted by molar-refractivity contribution is 8.71. The van der Waals surface area contributed by atoms with Crippen molar-refractivity contribution in [1.29, 1.82) is 0 Å².